The summed E-state index contributed by atoms with van der Waals surface area (Å²) in [5, 5.41) is 0. The summed E-state index contributed by atoms with van der Waals surface area (Å²) in [5.41, 5.74) is 0.618. The first kappa shape index (κ1) is 24.2. The van der Waals surface area contributed by atoms with E-state index in [9.17, 15) is 9.59 Å². The molecule has 0 amide bonds. The fraction of sp³-hybridized carbons (Fsp3) is 0.652. The lowest BCUT2D eigenvalue weighted by molar-refractivity contribution is -0.145. The van der Waals surface area contributed by atoms with Gasteiger partial charge in [-0.05, 0) is 30.7 Å². The smallest absolute Gasteiger partial charge is 0.305 e. The molecule has 0 aliphatic rings. The van der Waals surface area contributed by atoms with Crippen LogP contribution in [0.1, 0.15) is 81.5 Å². The summed E-state index contributed by atoms with van der Waals surface area (Å²) in [6.45, 7) is 3.72. The van der Waals surface area contributed by atoms with Crippen LogP contribution >= 0.6 is 0 Å². The van der Waals surface area contributed by atoms with Crippen molar-refractivity contribution in [3.05, 3.63) is 29.8 Å². The van der Waals surface area contributed by atoms with Gasteiger partial charge in [0, 0.05) is 12.0 Å². The molecule has 0 aliphatic heterocycles. The predicted molar refractivity (Wildman–Crippen MR) is 111 cm³/mol. The van der Waals surface area contributed by atoms with E-state index in [1.54, 1.807) is 24.3 Å². The average Bonchev–Trinajstić information content (AvgIpc) is 2.72. The molecule has 1 rings (SSSR count). The number of hydrogen-bond donors (Lipinski definition) is 0. The van der Waals surface area contributed by atoms with Gasteiger partial charge < -0.3 is 14.2 Å². The van der Waals surface area contributed by atoms with Crippen LogP contribution in [0.15, 0.2) is 24.3 Å². The third-order valence-electron chi connectivity index (χ3n) is 4.49. The summed E-state index contributed by atoms with van der Waals surface area (Å²) in [7, 11) is 0. The highest BCUT2D eigenvalue weighted by atomic mass is 16.6. The molecule has 0 aromatic heterocycles. The van der Waals surface area contributed by atoms with Crippen LogP contribution in [0.2, 0.25) is 0 Å². The summed E-state index contributed by atoms with van der Waals surface area (Å²) in [5.74, 6) is 0.555. The summed E-state index contributed by atoms with van der Waals surface area (Å²) < 4.78 is 16.1. The van der Waals surface area contributed by atoms with Gasteiger partial charge in [0.25, 0.3) is 0 Å². The molecule has 0 N–H and O–H groups in total. The first-order valence-corrected chi connectivity index (χ1v) is 10.7. The van der Waals surface area contributed by atoms with Gasteiger partial charge in [-0.3, -0.25) is 9.59 Å². The van der Waals surface area contributed by atoms with E-state index in [1.807, 2.05) is 0 Å². The number of aldehydes is 1. The molecule has 5 nitrogen and oxygen atoms in total. The number of carbonyl (C=O) groups is 2. The van der Waals surface area contributed by atoms with Gasteiger partial charge >= 0.3 is 5.97 Å². The number of hydrogen-bond acceptors (Lipinski definition) is 5. The largest absolute Gasteiger partial charge is 0.491 e. The molecule has 0 bridgehead atoms. The predicted octanol–water partition coefficient (Wildman–Crippen LogP) is 5.36. The number of carbonyl (C=O) groups excluding carboxylic acids is 2. The lowest BCUT2D eigenvalue weighted by Crippen LogP contribution is -2.13. The van der Waals surface area contributed by atoms with Crippen LogP contribution in [0.5, 0.6) is 5.75 Å². The molecule has 0 aliphatic carbocycles. The van der Waals surface area contributed by atoms with Crippen molar-refractivity contribution >= 4 is 12.3 Å². The molecule has 0 radical (unpaired) electrons. The molecule has 0 spiro atoms. The van der Waals surface area contributed by atoms with Gasteiger partial charge in [-0.1, -0.05) is 58.3 Å². The Labute approximate surface area is 169 Å². The molecule has 0 unspecified atom stereocenters. The molecule has 0 atom stereocenters. The van der Waals surface area contributed by atoms with Gasteiger partial charge in [-0.2, -0.15) is 0 Å². The Bertz CT molecular complexity index is 512. The molecule has 1 aromatic rings. The van der Waals surface area contributed by atoms with Crippen LogP contribution in [0.4, 0.5) is 0 Å². The van der Waals surface area contributed by atoms with E-state index >= 15 is 0 Å². The topological polar surface area (TPSA) is 61.8 Å². The fourth-order valence-electron chi connectivity index (χ4n) is 2.83. The minimum Gasteiger partial charge on any atom is -0.491 e. The van der Waals surface area contributed by atoms with Crippen LogP contribution < -0.4 is 4.74 Å². The van der Waals surface area contributed by atoms with Crippen LogP contribution in [-0.4, -0.2) is 38.7 Å². The molecule has 0 saturated heterocycles. The molecule has 1 aromatic carbocycles. The second-order valence-corrected chi connectivity index (χ2v) is 6.95. The number of benzene rings is 1. The van der Waals surface area contributed by atoms with Crippen molar-refractivity contribution < 1.29 is 23.8 Å². The Hall–Kier alpha value is -1.88. The molecule has 5 heteroatoms. The van der Waals surface area contributed by atoms with Crippen molar-refractivity contribution in [2.45, 2.75) is 71.1 Å². The second-order valence-electron chi connectivity index (χ2n) is 6.95. The average molecular weight is 393 g/mol. The lowest BCUT2D eigenvalue weighted by Gasteiger charge is -2.08. The molecule has 0 saturated carbocycles. The van der Waals surface area contributed by atoms with Crippen molar-refractivity contribution in [1.82, 2.24) is 0 Å². The van der Waals surface area contributed by atoms with E-state index in [4.69, 9.17) is 14.2 Å². The second kappa shape index (κ2) is 17.2. The monoisotopic (exact) mass is 392 g/mol. The van der Waals surface area contributed by atoms with Crippen LogP contribution in [0.3, 0.4) is 0 Å². The van der Waals surface area contributed by atoms with E-state index in [1.165, 1.54) is 44.9 Å². The fourth-order valence-corrected chi connectivity index (χ4v) is 2.83. The number of rotatable bonds is 18. The maximum Gasteiger partial charge on any atom is 0.305 e. The Balaban J connectivity index is 1.85. The van der Waals surface area contributed by atoms with Crippen LogP contribution in [0.25, 0.3) is 0 Å². The van der Waals surface area contributed by atoms with Crippen molar-refractivity contribution in [3.63, 3.8) is 0 Å². The van der Waals surface area contributed by atoms with Crippen molar-refractivity contribution in [1.29, 1.82) is 0 Å². The summed E-state index contributed by atoms with van der Waals surface area (Å²) in [4.78, 5) is 22.2. The first-order chi connectivity index (χ1) is 13.8. The SMILES string of the molecule is CCCCCCCCCCCC(=O)OCCOCCOc1ccc(C=O)cc1. The van der Waals surface area contributed by atoms with Gasteiger partial charge in [0.15, 0.2) is 0 Å². The Morgan fingerprint density at radius 1 is 0.821 bits per heavy atom. The van der Waals surface area contributed by atoms with E-state index in [2.05, 4.69) is 6.92 Å². The maximum absolute atomic E-state index is 11.6. The number of unbranched alkanes of at least 4 members (excludes halogenated alkanes) is 8. The first-order valence-electron chi connectivity index (χ1n) is 10.7. The van der Waals surface area contributed by atoms with Crippen LogP contribution in [-0.2, 0) is 14.3 Å². The zero-order valence-electron chi connectivity index (χ0n) is 17.3. The highest BCUT2D eigenvalue weighted by Crippen LogP contribution is 2.11. The molecule has 0 heterocycles. The highest BCUT2D eigenvalue weighted by molar-refractivity contribution is 5.74. The van der Waals surface area contributed by atoms with Crippen LogP contribution in [0, 0.1) is 0 Å². The highest BCUT2D eigenvalue weighted by Gasteiger charge is 2.02. The number of ether oxygens (including phenoxy) is 3. The van der Waals surface area contributed by atoms with Crippen molar-refractivity contribution in [2.75, 3.05) is 26.4 Å². The molecular formula is C23H36O5. The Morgan fingerprint density at radius 2 is 1.43 bits per heavy atom. The normalized spacial score (nSPS) is 10.6. The lowest BCUT2D eigenvalue weighted by atomic mass is 10.1. The Kier molecular flexibility index (Phi) is 14.9. The van der Waals surface area contributed by atoms with E-state index in [-0.39, 0.29) is 12.6 Å². The van der Waals surface area contributed by atoms with Gasteiger partial charge in [0.2, 0.25) is 0 Å². The van der Waals surface area contributed by atoms with E-state index in [0.717, 1.165) is 19.1 Å². The van der Waals surface area contributed by atoms with E-state index < -0.39 is 0 Å². The van der Waals surface area contributed by atoms with E-state index in [0.29, 0.717) is 37.6 Å². The van der Waals surface area contributed by atoms with Gasteiger partial charge in [0.1, 0.15) is 25.2 Å². The summed E-state index contributed by atoms with van der Waals surface area (Å²) in [6, 6.07) is 6.91. The molecule has 0 fully saturated rings. The van der Waals surface area contributed by atoms with Crippen molar-refractivity contribution in [2.24, 2.45) is 0 Å². The van der Waals surface area contributed by atoms with Gasteiger partial charge in [0.05, 0.1) is 13.2 Å². The van der Waals surface area contributed by atoms with Gasteiger partial charge in [-0.25, -0.2) is 0 Å². The molecular weight excluding hydrogens is 356 g/mol. The third kappa shape index (κ3) is 13.3. The zero-order valence-corrected chi connectivity index (χ0v) is 17.3. The maximum atomic E-state index is 11.6. The quantitative estimate of drug-likeness (QED) is 0.191. The summed E-state index contributed by atoms with van der Waals surface area (Å²) >= 11 is 0. The summed E-state index contributed by atoms with van der Waals surface area (Å²) in [6.07, 6.45) is 12.4. The Morgan fingerprint density at radius 3 is 2.07 bits per heavy atom. The molecule has 28 heavy (non-hydrogen) atoms. The zero-order chi connectivity index (χ0) is 20.3. The standard InChI is InChI=1S/C23H36O5/c1-2-3-4-5-6-7-8-9-10-11-23(25)28-19-17-26-16-18-27-22-14-12-21(20-24)13-15-22/h12-15,20H,2-11,16-19H2,1H3. The van der Waals surface area contributed by atoms with Gasteiger partial charge in [-0.15, -0.1) is 0 Å². The van der Waals surface area contributed by atoms with Crippen molar-refractivity contribution in [3.8, 4) is 5.75 Å². The number of esters is 1. The minimum atomic E-state index is -0.141. The molecule has 158 valence electrons. The minimum absolute atomic E-state index is 0.141. The third-order valence-corrected chi connectivity index (χ3v) is 4.49.